The number of carbonyl (C=O) groups excluding carboxylic acids is 4. The van der Waals surface area contributed by atoms with Crippen molar-refractivity contribution in [1.29, 1.82) is 0 Å². The maximum absolute atomic E-state index is 12.3. The third-order valence-corrected chi connectivity index (χ3v) is 4.25. The average molecular weight is 404 g/mol. The van der Waals surface area contributed by atoms with Crippen molar-refractivity contribution in [3.05, 3.63) is 35.9 Å². The Hall–Kier alpha value is -2.90. The van der Waals surface area contributed by atoms with Gasteiger partial charge in [0.25, 0.3) is 0 Å². The van der Waals surface area contributed by atoms with E-state index in [0.717, 1.165) is 10.5 Å². The molecule has 1 aliphatic heterocycles. The molecule has 1 N–H and O–H groups in total. The Kier molecular flexibility index (Phi) is 7.36. The second-order valence-corrected chi connectivity index (χ2v) is 8.14. The highest BCUT2D eigenvalue weighted by molar-refractivity contribution is 6.03. The molecule has 0 bridgehead atoms. The SMILES string of the molecule is CC1CC(=O)N(C[C@H](CC(=O)OCc2ccccc2)NC(=O)OC(C)(C)C)C1=O. The standard InChI is InChI=1S/C21H28N2O6/c1-14-10-17(24)23(19(14)26)12-16(22-20(27)29-21(2,3)4)11-18(25)28-13-15-8-6-5-7-9-15/h5-9,14,16H,10-13H2,1-4H3,(H,22,27)/t14?,16-/m0/s1. The quantitative estimate of drug-likeness (QED) is 0.553. The molecule has 8 nitrogen and oxygen atoms in total. The molecule has 1 aromatic rings. The van der Waals surface area contributed by atoms with Crippen LogP contribution >= 0.6 is 0 Å². The molecule has 158 valence electrons. The van der Waals surface area contributed by atoms with Gasteiger partial charge >= 0.3 is 12.1 Å². The van der Waals surface area contributed by atoms with Gasteiger partial charge in [0.05, 0.1) is 12.5 Å². The third kappa shape index (κ3) is 7.21. The lowest BCUT2D eigenvalue weighted by Crippen LogP contribution is -2.48. The van der Waals surface area contributed by atoms with E-state index in [-0.39, 0.29) is 37.8 Å². The number of likely N-dealkylation sites (tertiary alicyclic amines) is 1. The Balaban J connectivity index is 2.01. The highest BCUT2D eigenvalue weighted by Gasteiger charge is 2.37. The maximum Gasteiger partial charge on any atom is 0.407 e. The van der Waals surface area contributed by atoms with Gasteiger partial charge in [-0.1, -0.05) is 37.3 Å². The van der Waals surface area contributed by atoms with E-state index in [1.54, 1.807) is 27.7 Å². The van der Waals surface area contributed by atoms with Crippen LogP contribution < -0.4 is 5.32 Å². The van der Waals surface area contributed by atoms with Gasteiger partial charge in [-0.25, -0.2) is 4.79 Å². The number of rotatable bonds is 7. The Morgan fingerprint density at radius 1 is 1.21 bits per heavy atom. The van der Waals surface area contributed by atoms with Gasteiger partial charge in [-0.05, 0) is 26.3 Å². The number of nitrogens with zero attached hydrogens (tertiary/aromatic N) is 1. The summed E-state index contributed by atoms with van der Waals surface area (Å²) in [5, 5.41) is 2.58. The normalized spacial score (nSPS) is 17.8. The summed E-state index contributed by atoms with van der Waals surface area (Å²) >= 11 is 0. The summed E-state index contributed by atoms with van der Waals surface area (Å²) in [6, 6.07) is 8.37. The summed E-state index contributed by atoms with van der Waals surface area (Å²) in [5.41, 5.74) is 0.104. The zero-order valence-corrected chi connectivity index (χ0v) is 17.3. The van der Waals surface area contributed by atoms with Crippen LogP contribution in [0.25, 0.3) is 0 Å². The molecule has 0 aliphatic carbocycles. The molecule has 1 heterocycles. The number of carbonyl (C=O) groups is 4. The van der Waals surface area contributed by atoms with E-state index in [9.17, 15) is 19.2 Å². The predicted molar refractivity (Wildman–Crippen MR) is 105 cm³/mol. The van der Waals surface area contributed by atoms with E-state index in [1.165, 1.54) is 0 Å². The number of amides is 3. The largest absolute Gasteiger partial charge is 0.461 e. The molecule has 0 aromatic heterocycles. The molecule has 2 atom stereocenters. The molecule has 0 saturated carbocycles. The Bertz CT molecular complexity index is 756. The molecule has 29 heavy (non-hydrogen) atoms. The number of hydrogen-bond acceptors (Lipinski definition) is 6. The predicted octanol–water partition coefficient (Wildman–Crippen LogP) is 2.41. The number of imide groups is 1. The third-order valence-electron chi connectivity index (χ3n) is 4.25. The van der Waals surface area contributed by atoms with Crippen LogP contribution in [0.1, 0.15) is 46.1 Å². The second kappa shape index (κ2) is 9.54. The van der Waals surface area contributed by atoms with E-state index in [2.05, 4.69) is 5.32 Å². The molecule has 3 amide bonds. The van der Waals surface area contributed by atoms with Gasteiger partial charge in [-0.2, -0.15) is 0 Å². The van der Waals surface area contributed by atoms with Crippen LogP contribution in [0.3, 0.4) is 0 Å². The van der Waals surface area contributed by atoms with E-state index < -0.39 is 29.6 Å². The lowest BCUT2D eigenvalue weighted by atomic mass is 10.1. The Morgan fingerprint density at radius 3 is 2.41 bits per heavy atom. The number of nitrogens with one attached hydrogen (secondary N) is 1. The summed E-state index contributed by atoms with van der Waals surface area (Å²) in [7, 11) is 0. The summed E-state index contributed by atoms with van der Waals surface area (Å²) in [4.78, 5) is 49.8. The molecule has 1 unspecified atom stereocenters. The highest BCUT2D eigenvalue weighted by atomic mass is 16.6. The molecule has 1 aliphatic rings. The van der Waals surface area contributed by atoms with Crippen molar-refractivity contribution in [2.45, 2.75) is 58.8 Å². The zero-order valence-electron chi connectivity index (χ0n) is 17.3. The number of alkyl carbamates (subject to hydrolysis) is 1. The average Bonchev–Trinajstić information content (AvgIpc) is 2.85. The fraction of sp³-hybridized carbons (Fsp3) is 0.524. The number of esters is 1. The maximum atomic E-state index is 12.3. The minimum Gasteiger partial charge on any atom is -0.461 e. The van der Waals surface area contributed by atoms with Gasteiger partial charge in [0.1, 0.15) is 12.2 Å². The summed E-state index contributed by atoms with van der Waals surface area (Å²) in [6.45, 7) is 6.80. The smallest absolute Gasteiger partial charge is 0.407 e. The van der Waals surface area contributed by atoms with Crippen LogP contribution in [-0.4, -0.2) is 47.0 Å². The number of benzene rings is 1. The van der Waals surface area contributed by atoms with Crippen molar-refractivity contribution in [3.8, 4) is 0 Å². The van der Waals surface area contributed by atoms with Gasteiger partial charge in [0, 0.05) is 18.9 Å². The molecule has 0 spiro atoms. The molecular weight excluding hydrogens is 376 g/mol. The minimum absolute atomic E-state index is 0.0947. The highest BCUT2D eigenvalue weighted by Crippen LogP contribution is 2.19. The van der Waals surface area contributed by atoms with Crippen molar-refractivity contribution in [2.24, 2.45) is 5.92 Å². The summed E-state index contributed by atoms with van der Waals surface area (Å²) in [5.74, 6) is -1.60. The van der Waals surface area contributed by atoms with Crippen molar-refractivity contribution in [1.82, 2.24) is 10.2 Å². The topological polar surface area (TPSA) is 102 Å². The monoisotopic (exact) mass is 404 g/mol. The van der Waals surface area contributed by atoms with E-state index in [4.69, 9.17) is 9.47 Å². The zero-order chi connectivity index (χ0) is 21.6. The molecule has 1 saturated heterocycles. The second-order valence-electron chi connectivity index (χ2n) is 8.14. The Morgan fingerprint density at radius 2 is 1.86 bits per heavy atom. The molecule has 2 rings (SSSR count). The molecular formula is C21H28N2O6. The summed E-state index contributed by atoms with van der Waals surface area (Å²) in [6.07, 6.45) is -0.806. The summed E-state index contributed by atoms with van der Waals surface area (Å²) < 4.78 is 10.5. The molecule has 0 radical (unpaired) electrons. The van der Waals surface area contributed by atoms with E-state index in [1.807, 2.05) is 30.3 Å². The van der Waals surface area contributed by atoms with E-state index in [0.29, 0.717) is 0 Å². The minimum atomic E-state index is -0.814. The lowest BCUT2D eigenvalue weighted by molar-refractivity contribution is -0.147. The van der Waals surface area contributed by atoms with Crippen LogP contribution in [0.2, 0.25) is 0 Å². The van der Waals surface area contributed by atoms with Crippen LogP contribution in [-0.2, 0) is 30.5 Å². The number of ether oxygens (including phenoxy) is 2. The fourth-order valence-corrected chi connectivity index (χ4v) is 2.89. The van der Waals surface area contributed by atoms with Crippen molar-refractivity contribution in [3.63, 3.8) is 0 Å². The fourth-order valence-electron chi connectivity index (χ4n) is 2.89. The molecule has 1 fully saturated rings. The van der Waals surface area contributed by atoms with E-state index >= 15 is 0 Å². The van der Waals surface area contributed by atoms with Crippen LogP contribution in [0.15, 0.2) is 30.3 Å². The van der Waals surface area contributed by atoms with Crippen molar-refractivity contribution < 1.29 is 28.7 Å². The first-order valence-corrected chi connectivity index (χ1v) is 9.58. The van der Waals surface area contributed by atoms with Gasteiger partial charge in [0.2, 0.25) is 11.8 Å². The molecule has 8 heteroatoms. The van der Waals surface area contributed by atoms with Crippen molar-refractivity contribution >= 4 is 23.9 Å². The van der Waals surface area contributed by atoms with Crippen LogP contribution in [0.4, 0.5) is 4.79 Å². The number of hydrogen-bond donors (Lipinski definition) is 1. The first-order chi connectivity index (χ1) is 13.5. The van der Waals surface area contributed by atoms with Gasteiger partial charge in [0.15, 0.2) is 0 Å². The van der Waals surface area contributed by atoms with Gasteiger partial charge < -0.3 is 14.8 Å². The van der Waals surface area contributed by atoms with Gasteiger partial charge in [-0.15, -0.1) is 0 Å². The van der Waals surface area contributed by atoms with Crippen LogP contribution in [0, 0.1) is 5.92 Å². The lowest BCUT2D eigenvalue weighted by Gasteiger charge is -2.26. The molecule has 1 aromatic carbocycles. The van der Waals surface area contributed by atoms with Crippen molar-refractivity contribution in [2.75, 3.05) is 6.54 Å². The Labute approximate surface area is 170 Å². The first kappa shape index (κ1) is 22.4. The van der Waals surface area contributed by atoms with Gasteiger partial charge in [-0.3, -0.25) is 19.3 Å². The first-order valence-electron chi connectivity index (χ1n) is 9.58. The van der Waals surface area contributed by atoms with Crippen LogP contribution in [0.5, 0.6) is 0 Å².